The van der Waals surface area contributed by atoms with Crippen molar-refractivity contribution in [2.24, 2.45) is 0 Å². The maximum absolute atomic E-state index is 11.9. The Morgan fingerprint density at radius 2 is 2.05 bits per heavy atom. The molecule has 0 bridgehead atoms. The number of piperidine rings is 1. The lowest BCUT2D eigenvalue weighted by molar-refractivity contribution is -0.121. The number of carbonyl (C=O) groups is 1. The molecular weight excluding hydrogens is 260 g/mol. The van der Waals surface area contributed by atoms with Gasteiger partial charge in [0.15, 0.2) is 0 Å². The Bertz CT molecular complexity index is 441. The molecule has 1 aromatic carbocycles. The van der Waals surface area contributed by atoms with Gasteiger partial charge in [-0.1, -0.05) is 36.2 Å². The highest BCUT2D eigenvalue weighted by atomic mass is 16.1. The van der Waals surface area contributed by atoms with Crippen molar-refractivity contribution in [3.8, 4) is 0 Å². The third-order valence-corrected chi connectivity index (χ3v) is 4.48. The SMILES string of the molecule is Cc1ccc(CCNC(=O)CC[C@@H]2CCCCN2C)cc1. The second-order valence-electron chi connectivity index (χ2n) is 6.25. The summed E-state index contributed by atoms with van der Waals surface area (Å²) >= 11 is 0. The summed E-state index contributed by atoms with van der Waals surface area (Å²) in [6.45, 7) is 4.01. The average Bonchev–Trinajstić information content (AvgIpc) is 2.48. The highest BCUT2D eigenvalue weighted by molar-refractivity contribution is 5.75. The molecule has 0 spiro atoms. The Balaban J connectivity index is 1.62. The number of carbonyl (C=O) groups excluding carboxylic acids is 1. The molecule has 0 unspecified atom stereocenters. The minimum absolute atomic E-state index is 0.195. The molecule has 0 aromatic heterocycles. The molecule has 0 radical (unpaired) electrons. The monoisotopic (exact) mass is 288 g/mol. The Morgan fingerprint density at radius 3 is 2.76 bits per heavy atom. The maximum Gasteiger partial charge on any atom is 0.220 e. The first-order valence-corrected chi connectivity index (χ1v) is 8.17. The largest absolute Gasteiger partial charge is 0.356 e. The first kappa shape index (κ1) is 16.0. The van der Waals surface area contributed by atoms with Crippen LogP contribution in [0.15, 0.2) is 24.3 Å². The normalized spacial score (nSPS) is 19.4. The van der Waals surface area contributed by atoms with E-state index in [2.05, 4.69) is 48.5 Å². The van der Waals surface area contributed by atoms with E-state index in [4.69, 9.17) is 0 Å². The van der Waals surface area contributed by atoms with E-state index in [9.17, 15) is 4.79 Å². The number of nitrogens with one attached hydrogen (secondary N) is 1. The molecule has 0 saturated carbocycles. The van der Waals surface area contributed by atoms with E-state index in [1.807, 2.05) is 0 Å². The number of likely N-dealkylation sites (tertiary alicyclic amines) is 1. The Morgan fingerprint density at radius 1 is 1.29 bits per heavy atom. The summed E-state index contributed by atoms with van der Waals surface area (Å²) in [5, 5.41) is 3.04. The summed E-state index contributed by atoms with van der Waals surface area (Å²) in [6, 6.07) is 9.12. The number of rotatable bonds is 6. The highest BCUT2D eigenvalue weighted by Crippen LogP contribution is 2.18. The highest BCUT2D eigenvalue weighted by Gasteiger charge is 2.19. The summed E-state index contributed by atoms with van der Waals surface area (Å²) in [5.74, 6) is 0.195. The average molecular weight is 288 g/mol. The number of benzene rings is 1. The van der Waals surface area contributed by atoms with Gasteiger partial charge in [-0.3, -0.25) is 4.79 Å². The van der Waals surface area contributed by atoms with Gasteiger partial charge in [-0.25, -0.2) is 0 Å². The van der Waals surface area contributed by atoms with Crippen LogP contribution in [0.25, 0.3) is 0 Å². The Kier molecular flexibility index (Phi) is 6.24. The van der Waals surface area contributed by atoms with Crippen LogP contribution in [0.1, 0.15) is 43.2 Å². The fourth-order valence-corrected chi connectivity index (χ4v) is 3.00. The fourth-order valence-electron chi connectivity index (χ4n) is 3.00. The quantitative estimate of drug-likeness (QED) is 0.873. The second-order valence-corrected chi connectivity index (χ2v) is 6.25. The van der Waals surface area contributed by atoms with Crippen molar-refractivity contribution in [2.45, 2.75) is 51.5 Å². The van der Waals surface area contributed by atoms with Crippen molar-refractivity contribution in [1.82, 2.24) is 10.2 Å². The van der Waals surface area contributed by atoms with E-state index in [0.29, 0.717) is 12.5 Å². The predicted octanol–water partition coefficient (Wildman–Crippen LogP) is 2.92. The van der Waals surface area contributed by atoms with Gasteiger partial charge in [0, 0.05) is 19.0 Å². The predicted molar refractivity (Wildman–Crippen MR) is 87.4 cm³/mol. The third kappa shape index (κ3) is 5.50. The molecule has 116 valence electrons. The van der Waals surface area contributed by atoms with E-state index in [-0.39, 0.29) is 5.91 Å². The molecule has 21 heavy (non-hydrogen) atoms. The van der Waals surface area contributed by atoms with Gasteiger partial charge >= 0.3 is 0 Å². The number of hydrogen-bond donors (Lipinski definition) is 1. The zero-order chi connectivity index (χ0) is 15.1. The lowest BCUT2D eigenvalue weighted by atomic mass is 9.98. The van der Waals surface area contributed by atoms with Gasteiger partial charge in [-0.2, -0.15) is 0 Å². The topological polar surface area (TPSA) is 32.3 Å². The van der Waals surface area contributed by atoms with Crippen LogP contribution in [0.5, 0.6) is 0 Å². The molecule has 1 saturated heterocycles. The molecule has 1 fully saturated rings. The van der Waals surface area contributed by atoms with Crippen molar-refractivity contribution in [3.63, 3.8) is 0 Å². The van der Waals surface area contributed by atoms with Crippen LogP contribution in [-0.2, 0) is 11.2 Å². The van der Waals surface area contributed by atoms with Crippen molar-refractivity contribution in [3.05, 3.63) is 35.4 Å². The van der Waals surface area contributed by atoms with Crippen molar-refractivity contribution in [2.75, 3.05) is 20.1 Å². The fraction of sp³-hybridized carbons (Fsp3) is 0.611. The summed E-state index contributed by atoms with van der Waals surface area (Å²) < 4.78 is 0. The summed E-state index contributed by atoms with van der Waals surface area (Å²) in [4.78, 5) is 14.3. The van der Waals surface area contributed by atoms with Gasteiger partial charge in [-0.15, -0.1) is 0 Å². The van der Waals surface area contributed by atoms with Crippen molar-refractivity contribution >= 4 is 5.91 Å². The van der Waals surface area contributed by atoms with Crippen LogP contribution in [0.3, 0.4) is 0 Å². The summed E-state index contributed by atoms with van der Waals surface area (Å²) in [6.07, 6.45) is 6.41. The Labute approximate surface area is 128 Å². The van der Waals surface area contributed by atoms with Crippen LogP contribution in [-0.4, -0.2) is 37.0 Å². The van der Waals surface area contributed by atoms with Crippen molar-refractivity contribution < 1.29 is 4.79 Å². The standard InChI is InChI=1S/C18H28N2O/c1-15-6-8-16(9-7-15)12-13-19-18(21)11-10-17-5-3-4-14-20(17)2/h6-9,17H,3-5,10-14H2,1-2H3,(H,19,21)/t17-/m0/s1. The number of aryl methyl sites for hydroxylation is 1. The zero-order valence-electron chi connectivity index (χ0n) is 13.4. The second kappa shape index (κ2) is 8.18. The molecule has 1 aromatic rings. The van der Waals surface area contributed by atoms with E-state index >= 15 is 0 Å². The van der Waals surface area contributed by atoms with Gasteiger partial charge in [0.25, 0.3) is 0 Å². The van der Waals surface area contributed by atoms with E-state index in [1.54, 1.807) is 0 Å². The lowest BCUT2D eigenvalue weighted by Crippen LogP contribution is -2.37. The zero-order valence-corrected chi connectivity index (χ0v) is 13.4. The van der Waals surface area contributed by atoms with Gasteiger partial charge in [0.2, 0.25) is 5.91 Å². The van der Waals surface area contributed by atoms with Crippen LogP contribution >= 0.6 is 0 Å². The maximum atomic E-state index is 11.9. The van der Waals surface area contributed by atoms with Crippen molar-refractivity contribution in [1.29, 1.82) is 0 Å². The van der Waals surface area contributed by atoms with Gasteiger partial charge in [0.1, 0.15) is 0 Å². The third-order valence-electron chi connectivity index (χ3n) is 4.48. The van der Waals surface area contributed by atoms with Crippen LogP contribution < -0.4 is 5.32 Å². The van der Waals surface area contributed by atoms with Crippen LogP contribution in [0, 0.1) is 6.92 Å². The molecule has 2 rings (SSSR count). The number of amides is 1. The number of nitrogens with zero attached hydrogens (tertiary/aromatic N) is 1. The van der Waals surface area contributed by atoms with Gasteiger partial charge in [0.05, 0.1) is 0 Å². The lowest BCUT2D eigenvalue weighted by Gasteiger charge is -2.32. The molecule has 1 heterocycles. The van der Waals surface area contributed by atoms with Gasteiger partial charge in [-0.05, 0) is 51.8 Å². The molecule has 1 aliphatic rings. The van der Waals surface area contributed by atoms with E-state index in [0.717, 1.165) is 19.4 Å². The summed E-state index contributed by atoms with van der Waals surface area (Å²) in [5.41, 5.74) is 2.56. The van der Waals surface area contributed by atoms with Gasteiger partial charge < -0.3 is 10.2 Å². The van der Waals surface area contributed by atoms with E-state index < -0.39 is 0 Å². The van der Waals surface area contributed by atoms with Crippen LogP contribution in [0.2, 0.25) is 0 Å². The molecule has 1 aliphatic heterocycles. The molecule has 3 nitrogen and oxygen atoms in total. The smallest absolute Gasteiger partial charge is 0.220 e. The molecule has 1 atom stereocenters. The molecule has 1 N–H and O–H groups in total. The summed E-state index contributed by atoms with van der Waals surface area (Å²) in [7, 11) is 2.18. The molecular formula is C18H28N2O. The Hall–Kier alpha value is -1.35. The molecule has 0 aliphatic carbocycles. The first-order chi connectivity index (χ1) is 10.1. The number of hydrogen-bond acceptors (Lipinski definition) is 2. The molecule has 1 amide bonds. The van der Waals surface area contributed by atoms with Crippen LogP contribution in [0.4, 0.5) is 0 Å². The minimum atomic E-state index is 0.195. The molecule has 3 heteroatoms. The minimum Gasteiger partial charge on any atom is -0.356 e. The van der Waals surface area contributed by atoms with E-state index in [1.165, 1.54) is 36.9 Å². The first-order valence-electron chi connectivity index (χ1n) is 8.17.